The van der Waals surface area contributed by atoms with Crippen molar-refractivity contribution in [1.82, 2.24) is 9.88 Å². The van der Waals surface area contributed by atoms with E-state index in [1.165, 1.54) is 6.26 Å². The highest BCUT2D eigenvalue weighted by molar-refractivity contribution is 5.86. The van der Waals surface area contributed by atoms with Crippen molar-refractivity contribution in [2.75, 3.05) is 38.2 Å². The number of nitrogens with zero attached hydrogens (tertiary/aromatic N) is 3. The van der Waals surface area contributed by atoms with Crippen LogP contribution in [0.25, 0.3) is 22.1 Å². The average molecular weight is 444 g/mol. The molecule has 1 aliphatic rings. The molecule has 2 aromatic heterocycles. The van der Waals surface area contributed by atoms with Crippen LogP contribution in [0.15, 0.2) is 76.3 Å². The first-order valence-electron chi connectivity index (χ1n) is 10.9. The second kappa shape index (κ2) is 8.96. The van der Waals surface area contributed by atoms with Gasteiger partial charge in [0.2, 0.25) is 5.43 Å². The van der Waals surface area contributed by atoms with Gasteiger partial charge in [0.1, 0.15) is 29.2 Å². The number of phenols is 1. The summed E-state index contributed by atoms with van der Waals surface area (Å²) >= 11 is 0. The predicted molar refractivity (Wildman–Crippen MR) is 128 cm³/mol. The Balaban J connectivity index is 1.43. The quantitative estimate of drug-likeness (QED) is 0.501. The predicted octanol–water partition coefficient (Wildman–Crippen LogP) is 3.89. The lowest BCUT2D eigenvalue weighted by molar-refractivity contribution is 0.246. The molecular formula is C26H25N3O4. The largest absolute Gasteiger partial charge is 0.507 e. The fourth-order valence-corrected chi connectivity index (χ4v) is 4.35. The zero-order valence-electron chi connectivity index (χ0n) is 18.4. The molecule has 7 nitrogen and oxygen atoms in total. The lowest BCUT2D eigenvalue weighted by Crippen LogP contribution is -2.46. The van der Waals surface area contributed by atoms with Gasteiger partial charge in [0.25, 0.3) is 0 Å². The number of benzene rings is 2. The van der Waals surface area contributed by atoms with Gasteiger partial charge in [-0.05, 0) is 30.3 Å². The third-order valence-electron chi connectivity index (χ3n) is 6.14. The first-order valence-corrected chi connectivity index (χ1v) is 10.9. The van der Waals surface area contributed by atoms with E-state index in [2.05, 4.69) is 14.8 Å². The van der Waals surface area contributed by atoms with Gasteiger partial charge in [0, 0.05) is 44.5 Å². The molecule has 0 aliphatic carbocycles. The maximum Gasteiger partial charge on any atom is 0.200 e. The molecule has 0 radical (unpaired) electrons. The second-order valence-corrected chi connectivity index (χ2v) is 8.07. The molecule has 0 amide bonds. The number of aromatic nitrogens is 1. The maximum atomic E-state index is 13.3. The van der Waals surface area contributed by atoms with Gasteiger partial charge in [0.15, 0.2) is 0 Å². The first kappa shape index (κ1) is 21.0. The number of ether oxygens (including phenoxy) is 1. The van der Waals surface area contributed by atoms with Crippen molar-refractivity contribution >= 4 is 16.8 Å². The summed E-state index contributed by atoms with van der Waals surface area (Å²) in [5.74, 6) is 1.71. The Hall–Kier alpha value is -3.84. The summed E-state index contributed by atoms with van der Waals surface area (Å²) in [7, 11) is 1.57. The molecule has 7 heteroatoms. The van der Waals surface area contributed by atoms with Crippen LogP contribution >= 0.6 is 0 Å². The minimum absolute atomic E-state index is 0.128. The highest BCUT2D eigenvalue weighted by Gasteiger charge is 2.22. The highest BCUT2D eigenvalue weighted by atomic mass is 16.5. The Labute approximate surface area is 191 Å². The van der Waals surface area contributed by atoms with Crippen LogP contribution in [0, 0.1) is 0 Å². The topological polar surface area (TPSA) is 79.0 Å². The summed E-state index contributed by atoms with van der Waals surface area (Å²) in [6.45, 7) is 3.80. The Bertz CT molecular complexity index is 1330. The normalized spacial score (nSPS) is 14.5. The molecule has 1 N–H and O–H groups in total. The van der Waals surface area contributed by atoms with Gasteiger partial charge >= 0.3 is 0 Å². The lowest BCUT2D eigenvalue weighted by atomic mass is 10.0. The first-order chi connectivity index (χ1) is 16.2. The summed E-state index contributed by atoms with van der Waals surface area (Å²) in [5.41, 5.74) is 2.01. The zero-order chi connectivity index (χ0) is 22.8. The van der Waals surface area contributed by atoms with Crippen LogP contribution in [0.4, 0.5) is 5.82 Å². The fourth-order valence-electron chi connectivity index (χ4n) is 4.35. The van der Waals surface area contributed by atoms with Crippen molar-refractivity contribution in [2.45, 2.75) is 6.54 Å². The van der Waals surface area contributed by atoms with Gasteiger partial charge in [-0.15, -0.1) is 0 Å². The number of phenolic OH excluding ortho intramolecular Hbond substituents is 1. The van der Waals surface area contributed by atoms with Gasteiger partial charge in [-0.3, -0.25) is 9.69 Å². The van der Waals surface area contributed by atoms with E-state index in [1.54, 1.807) is 25.4 Å². The number of para-hydroxylation sites is 1. The molecule has 33 heavy (non-hydrogen) atoms. The molecule has 3 heterocycles. The van der Waals surface area contributed by atoms with Crippen LogP contribution in [0.2, 0.25) is 0 Å². The third kappa shape index (κ3) is 4.03. The number of rotatable bonds is 5. The minimum atomic E-state index is -0.151. The number of hydrogen-bond donors (Lipinski definition) is 1. The number of anilines is 1. The number of fused-ring (bicyclic) bond motifs is 1. The van der Waals surface area contributed by atoms with Gasteiger partial charge < -0.3 is 19.2 Å². The molecule has 168 valence electrons. The monoisotopic (exact) mass is 443 g/mol. The van der Waals surface area contributed by atoms with Crippen molar-refractivity contribution in [3.63, 3.8) is 0 Å². The average Bonchev–Trinajstić information content (AvgIpc) is 2.87. The fraction of sp³-hybridized carbons (Fsp3) is 0.231. The van der Waals surface area contributed by atoms with Crippen molar-refractivity contribution in [3.8, 4) is 22.6 Å². The van der Waals surface area contributed by atoms with Crippen LogP contribution in [0.5, 0.6) is 11.5 Å². The molecular weight excluding hydrogens is 418 g/mol. The molecule has 2 aromatic carbocycles. The van der Waals surface area contributed by atoms with Gasteiger partial charge in [-0.1, -0.05) is 24.3 Å². The molecule has 4 aromatic rings. The molecule has 1 fully saturated rings. The van der Waals surface area contributed by atoms with Crippen LogP contribution in [-0.2, 0) is 6.54 Å². The molecule has 1 saturated heterocycles. The minimum Gasteiger partial charge on any atom is -0.507 e. The number of pyridine rings is 1. The van der Waals surface area contributed by atoms with E-state index in [9.17, 15) is 9.90 Å². The zero-order valence-corrected chi connectivity index (χ0v) is 18.4. The van der Waals surface area contributed by atoms with E-state index >= 15 is 0 Å². The van der Waals surface area contributed by atoms with Crippen molar-refractivity contribution in [3.05, 3.63) is 82.8 Å². The summed E-state index contributed by atoms with van der Waals surface area (Å²) in [4.78, 5) is 22.3. The maximum absolute atomic E-state index is 13.3. The smallest absolute Gasteiger partial charge is 0.200 e. The van der Waals surface area contributed by atoms with Gasteiger partial charge in [-0.25, -0.2) is 4.98 Å². The van der Waals surface area contributed by atoms with Gasteiger partial charge in [-0.2, -0.15) is 0 Å². The molecule has 0 spiro atoms. The number of aromatic hydroxyl groups is 1. The highest BCUT2D eigenvalue weighted by Crippen LogP contribution is 2.32. The van der Waals surface area contributed by atoms with E-state index in [1.807, 2.05) is 42.5 Å². The summed E-state index contributed by atoms with van der Waals surface area (Å²) in [6.07, 6.45) is 3.27. The summed E-state index contributed by atoms with van der Waals surface area (Å²) in [5, 5.41) is 11.0. The van der Waals surface area contributed by atoms with E-state index in [0.29, 0.717) is 40.0 Å². The van der Waals surface area contributed by atoms with E-state index < -0.39 is 0 Å². The number of hydrogen-bond acceptors (Lipinski definition) is 7. The Kier molecular flexibility index (Phi) is 5.71. The van der Waals surface area contributed by atoms with Crippen LogP contribution in [0.3, 0.4) is 0 Å². The van der Waals surface area contributed by atoms with Crippen LogP contribution < -0.4 is 15.1 Å². The summed E-state index contributed by atoms with van der Waals surface area (Å²) < 4.78 is 11.4. The molecule has 0 unspecified atom stereocenters. The van der Waals surface area contributed by atoms with Crippen LogP contribution in [-0.4, -0.2) is 48.3 Å². The Morgan fingerprint density at radius 1 is 1.00 bits per heavy atom. The van der Waals surface area contributed by atoms with E-state index in [0.717, 1.165) is 32.0 Å². The Morgan fingerprint density at radius 2 is 1.79 bits per heavy atom. The Morgan fingerprint density at radius 3 is 2.55 bits per heavy atom. The number of methoxy groups -OCH3 is 1. The van der Waals surface area contributed by atoms with Gasteiger partial charge in [0.05, 0.1) is 23.6 Å². The van der Waals surface area contributed by atoms with E-state index in [4.69, 9.17) is 9.15 Å². The molecule has 0 bridgehead atoms. The van der Waals surface area contributed by atoms with Crippen molar-refractivity contribution < 1.29 is 14.3 Å². The van der Waals surface area contributed by atoms with Crippen molar-refractivity contribution in [2.24, 2.45) is 0 Å². The van der Waals surface area contributed by atoms with Crippen LogP contribution in [0.1, 0.15) is 5.56 Å². The lowest BCUT2D eigenvalue weighted by Gasteiger charge is -2.35. The molecule has 0 atom stereocenters. The molecule has 0 saturated carbocycles. The number of piperazine rings is 1. The van der Waals surface area contributed by atoms with Crippen molar-refractivity contribution in [1.29, 1.82) is 0 Å². The summed E-state index contributed by atoms with van der Waals surface area (Å²) in [6, 6.07) is 16.5. The third-order valence-corrected chi connectivity index (χ3v) is 6.14. The molecule has 1 aliphatic heterocycles. The standard InChI is InChI=1S/C26H25N3O4/c1-32-23-7-3-2-6-18(23)21-17-33-26-19(25(21)31)9-10-22(30)20(26)16-28-12-14-29(15-13-28)24-8-4-5-11-27-24/h2-11,17,30H,12-16H2,1H3. The molecule has 5 rings (SSSR count). The second-order valence-electron chi connectivity index (χ2n) is 8.07. The SMILES string of the molecule is COc1ccccc1-c1coc2c(CN3CCN(c4ccccn4)CC3)c(O)ccc2c1=O. The van der Waals surface area contributed by atoms with E-state index in [-0.39, 0.29) is 11.2 Å².